The second-order valence-corrected chi connectivity index (χ2v) is 4.28. The number of aromatic nitrogens is 2. The Hall–Kier alpha value is -3.16. The Morgan fingerprint density at radius 3 is 2.86 bits per heavy atom. The van der Waals surface area contributed by atoms with E-state index in [4.69, 9.17) is 4.42 Å². The number of rotatable bonds is 4. The molecule has 8 nitrogen and oxygen atoms in total. The summed E-state index contributed by atoms with van der Waals surface area (Å²) in [6.45, 7) is 0.169. The molecule has 8 heteroatoms. The molecule has 21 heavy (non-hydrogen) atoms. The summed E-state index contributed by atoms with van der Waals surface area (Å²) in [6, 6.07) is 9.87. The number of para-hydroxylation sites is 2. The summed E-state index contributed by atoms with van der Waals surface area (Å²) in [7, 11) is 0. The maximum atomic E-state index is 11.8. The van der Waals surface area contributed by atoms with Crippen LogP contribution in [0.3, 0.4) is 0 Å². The van der Waals surface area contributed by atoms with Crippen LogP contribution in [0, 0.1) is 10.1 Å². The first kappa shape index (κ1) is 12.9. The lowest BCUT2D eigenvalue weighted by Gasteiger charge is -1.99. The van der Waals surface area contributed by atoms with Crippen LogP contribution >= 0.6 is 0 Å². The van der Waals surface area contributed by atoms with Crippen LogP contribution in [0.4, 0.5) is 5.88 Å². The quantitative estimate of drug-likeness (QED) is 0.562. The van der Waals surface area contributed by atoms with Crippen LogP contribution in [0.1, 0.15) is 16.4 Å². The van der Waals surface area contributed by atoms with Gasteiger partial charge in [-0.2, -0.15) is 0 Å². The fraction of sp³-hybridized carbons (Fsp3) is 0.0769. The fourth-order valence-corrected chi connectivity index (χ4v) is 1.89. The first-order chi connectivity index (χ1) is 10.1. The minimum absolute atomic E-state index is 0.113. The van der Waals surface area contributed by atoms with Crippen molar-refractivity contribution in [3.8, 4) is 0 Å². The molecular formula is C13H10N4O4. The van der Waals surface area contributed by atoms with Gasteiger partial charge in [-0.3, -0.25) is 14.9 Å². The van der Waals surface area contributed by atoms with Crippen molar-refractivity contribution in [2.45, 2.75) is 6.54 Å². The first-order valence-corrected chi connectivity index (χ1v) is 6.09. The lowest BCUT2D eigenvalue weighted by atomic mass is 10.3. The molecule has 0 saturated carbocycles. The Kier molecular flexibility index (Phi) is 3.11. The molecule has 1 aromatic carbocycles. The SMILES string of the molecule is O=C(NCc1nc2ccccc2[nH]1)c1ccc([N+](=O)[O-])o1. The van der Waals surface area contributed by atoms with Gasteiger partial charge in [-0.1, -0.05) is 12.1 Å². The van der Waals surface area contributed by atoms with Crippen LogP contribution in [-0.2, 0) is 6.54 Å². The van der Waals surface area contributed by atoms with Gasteiger partial charge in [0, 0.05) is 0 Å². The number of carbonyl (C=O) groups excluding carboxylic acids is 1. The van der Waals surface area contributed by atoms with E-state index in [2.05, 4.69) is 15.3 Å². The summed E-state index contributed by atoms with van der Waals surface area (Å²) in [6.07, 6.45) is 0. The molecule has 0 bridgehead atoms. The lowest BCUT2D eigenvalue weighted by molar-refractivity contribution is -0.402. The summed E-state index contributed by atoms with van der Waals surface area (Å²) in [5.41, 5.74) is 1.67. The largest absolute Gasteiger partial charge is 0.433 e. The molecule has 106 valence electrons. The number of carbonyl (C=O) groups is 1. The standard InChI is InChI=1S/C13H10N4O4/c18-13(10-5-6-12(21-10)17(19)20)14-7-11-15-8-3-1-2-4-9(8)16-11/h1-6H,7H2,(H,14,18)(H,15,16). The van der Waals surface area contributed by atoms with Crippen molar-refractivity contribution in [3.63, 3.8) is 0 Å². The molecule has 2 heterocycles. The molecule has 0 spiro atoms. The van der Waals surface area contributed by atoms with Gasteiger partial charge < -0.3 is 14.7 Å². The molecule has 3 rings (SSSR count). The topological polar surface area (TPSA) is 114 Å². The van der Waals surface area contributed by atoms with Gasteiger partial charge in [-0.25, -0.2) is 4.98 Å². The van der Waals surface area contributed by atoms with E-state index in [0.29, 0.717) is 5.82 Å². The molecule has 0 fully saturated rings. The van der Waals surface area contributed by atoms with Crippen LogP contribution < -0.4 is 5.32 Å². The minimum Gasteiger partial charge on any atom is -0.395 e. The van der Waals surface area contributed by atoms with Crippen molar-refractivity contribution >= 4 is 22.8 Å². The molecule has 0 saturated heterocycles. The van der Waals surface area contributed by atoms with Gasteiger partial charge in [-0.05, 0) is 18.2 Å². The summed E-state index contributed by atoms with van der Waals surface area (Å²) in [5.74, 6) is -0.532. The summed E-state index contributed by atoms with van der Waals surface area (Å²) in [4.78, 5) is 28.9. The van der Waals surface area contributed by atoms with E-state index in [1.165, 1.54) is 6.07 Å². The molecule has 0 atom stereocenters. The Labute approximate surface area is 117 Å². The van der Waals surface area contributed by atoms with Crippen molar-refractivity contribution in [2.24, 2.45) is 0 Å². The Morgan fingerprint density at radius 2 is 2.14 bits per heavy atom. The van der Waals surface area contributed by atoms with E-state index in [-0.39, 0.29) is 12.3 Å². The summed E-state index contributed by atoms with van der Waals surface area (Å²) < 4.78 is 4.81. The zero-order valence-corrected chi connectivity index (χ0v) is 10.7. The number of nitrogens with one attached hydrogen (secondary N) is 2. The van der Waals surface area contributed by atoms with E-state index < -0.39 is 16.7 Å². The maximum absolute atomic E-state index is 11.8. The lowest BCUT2D eigenvalue weighted by Crippen LogP contribution is -2.22. The Balaban J connectivity index is 1.68. The summed E-state index contributed by atoms with van der Waals surface area (Å²) >= 11 is 0. The molecule has 0 unspecified atom stereocenters. The maximum Gasteiger partial charge on any atom is 0.433 e. The van der Waals surface area contributed by atoms with Crippen molar-refractivity contribution in [1.29, 1.82) is 0 Å². The third-order valence-corrected chi connectivity index (χ3v) is 2.85. The van der Waals surface area contributed by atoms with Crippen LogP contribution in [0.2, 0.25) is 0 Å². The minimum atomic E-state index is -0.698. The van der Waals surface area contributed by atoms with Gasteiger partial charge >= 0.3 is 5.88 Å². The average Bonchev–Trinajstić information content (AvgIpc) is 3.11. The van der Waals surface area contributed by atoms with Crippen LogP contribution in [-0.4, -0.2) is 20.8 Å². The molecule has 0 radical (unpaired) electrons. The van der Waals surface area contributed by atoms with E-state index >= 15 is 0 Å². The van der Waals surface area contributed by atoms with Gasteiger partial charge in [0.1, 0.15) is 10.7 Å². The molecule has 3 aromatic rings. The number of hydrogen-bond donors (Lipinski definition) is 2. The highest BCUT2D eigenvalue weighted by Crippen LogP contribution is 2.15. The number of furan rings is 1. The molecule has 2 aromatic heterocycles. The number of H-pyrrole nitrogens is 1. The highest BCUT2D eigenvalue weighted by Gasteiger charge is 2.17. The van der Waals surface area contributed by atoms with Gasteiger partial charge in [-0.15, -0.1) is 0 Å². The van der Waals surface area contributed by atoms with Crippen molar-refractivity contribution < 1.29 is 14.1 Å². The Bertz CT molecular complexity index is 787. The smallest absolute Gasteiger partial charge is 0.395 e. The molecular weight excluding hydrogens is 276 g/mol. The second-order valence-electron chi connectivity index (χ2n) is 4.28. The first-order valence-electron chi connectivity index (χ1n) is 6.09. The van der Waals surface area contributed by atoms with Crippen molar-refractivity contribution in [3.05, 3.63) is 58.1 Å². The molecule has 2 N–H and O–H groups in total. The van der Waals surface area contributed by atoms with Gasteiger partial charge in [0.15, 0.2) is 5.76 Å². The third-order valence-electron chi connectivity index (χ3n) is 2.85. The van der Waals surface area contributed by atoms with Crippen LogP contribution in [0.5, 0.6) is 0 Å². The predicted octanol–water partition coefficient (Wildman–Crippen LogP) is 1.99. The Morgan fingerprint density at radius 1 is 1.33 bits per heavy atom. The van der Waals surface area contributed by atoms with E-state index in [1.54, 1.807) is 0 Å². The van der Waals surface area contributed by atoms with Gasteiger partial charge in [0.2, 0.25) is 0 Å². The van der Waals surface area contributed by atoms with E-state index in [0.717, 1.165) is 17.1 Å². The fourth-order valence-electron chi connectivity index (χ4n) is 1.89. The molecule has 0 aliphatic heterocycles. The normalized spacial score (nSPS) is 10.7. The highest BCUT2D eigenvalue weighted by atomic mass is 16.6. The van der Waals surface area contributed by atoms with E-state index in [9.17, 15) is 14.9 Å². The van der Waals surface area contributed by atoms with Gasteiger partial charge in [0.25, 0.3) is 5.91 Å². The predicted molar refractivity (Wildman–Crippen MR) is 72.6 cm³/mol. The highest BCUT2D eigenvalue weighted by molar-refractivity contribution is 5.91. The second kappa shape index (κ2) is 5.08. The molecule has 0 aliphatic rings. The third kappa shape index (κ3) is 2.59. The van der Waals surface area contributed by atoms with Crippen LogP contribution in [0.15, 0.2) is 40.8 Å². The summed E-state index contributed by atoms with van der Waals surface area (Å²) in [5, 5.41) is 13.1. The van der Waals surface area contributed by atoms with Gasteiger partial charge in [0.05, 0.1) is 23.6 Å². The zero-order chi connectivity index (χ0) is 14.8. The number of aromatic amines is 1. The number of benzene rings is 1. The number of imidazole rings is 1. The number of nitrogens with zero attached hydrogens (tertiary/aromatic N) is 2. The average molecular weight is 286 g/mol. The molecule has 1 amide bonds. The number of hydrogen-bond acceptors (Lipinski definition) is 5. The monoisotopic (exact) mass is 286 g/mol. The zero-order valence-electron chi connectivity index (χ0n) is 10.7. The number of amides is 1. The van der Waals surface area contributed by atoms with Crippen LogP contribution in [0.25, 0.3) is 11.0 Å². The number of fused-ring (bicyclic) bond motifs is 1. The molecule has 0 aliphatic carbocycles. The van der Waals surface area contributed by atoms with Crippen molar-refractivity contribution in [1.82, 2.24) is 15.3 Å². The van der Waals surface area contributed by atoms with E-state index in [1.807, 2.05) is 24.3 Å². The number of nitro groups is 1. The van der Waals surface area contributed by atoms with Crippen molar-refractivity contribution in [2.75, 3.05) is 0 Å².